The molecule has 0 bridgehead atoms. The second kappa shape index (κ2) is 6.62. The number of alkyl halides is 3. The van der Waals surface area contributed by atoms with Crippen LogP contribution in [0.3, 0.4) is 0 Å². The van der Waals surface area contributed by atoms with E-state index in [9.17, 15) is 13.2 Å². The number of nitrogens with one attached hydrogen (secondary N) is 1. The molecule has 1 N–H and O–H groups in total. The Hall–Kier alpha value is -2.02. The Labute approximate surface area is 119 Å². The largest absolute Gasteiger partial charge is 0.419 e. The van der Waals surface area contributed by atoms with Crippen molar-refractivity contribution < 1.29 is 22.3 Å². The highest BCUT2D eigenvalue weighted by Crippen LogP contribution is 2.37. The van der Waals surface area contributed by atoms with E-state index in [1.165, 1.54) is 24.5 Å². The Bertz CT molecular complexity index is 582. The van der Waals surface area contributed by atoms with Crippen molar-refractivity contribution >= 4 is 0 Å². The zero-order chi connectivity index (χ0) is 15.3. The number of hydrogen-bond acceptors (Lipinski definition) is 4. The molecule has 0 radical (unpaired) electrons. The summed E-state index contributed by atoms with van der Waals surface area (Å²) in [6.07, 6.45) is -2.37. The van der Waals surface area contributed by atoms with Gasteiger partial charge in [-0.15, -0.1) is 0 Å². The number of halogens is 3. The monoisotopic (exact) mass is 300 g/mol. The summed E-state index contributed by atoms with van der Waals surface area (Å²) in [7, 11) is 0. The van der Waals surface area contributed by atoms with Crippen molar-refractivity contribution in [2.45, 2.75) is 26.1 Å². The molecule has 0 saturated heterocycles. The van der Waals surface area contributed by atoms with Crippen molar-refractivity contribution in [2.75, 3.05) is 6.54 Å². The molecule has 0 amide bonds. The highest BCUT2D eigenvalue weighted by Gasteiger charge is 2.34. The van der Waals surface area contributed by atoms with E-state index >= 15 is 0 Å². The smallest absolute Gasteiger partial charge is 0.417 e. The van der Waals surface area contributed by atoms with Gasteiger partial charge in [0.2, 0.25) is 0 Å². The number of para-hydroxylation sites is 1. The fourth-order valence-electron chi connectivity index (χ4n) is 1.69. The zero-order valence-electron chi connectivity index (χ0n) is 11.4. The van der Waals surface area contributed by atoms with E-state index in [4.69, 9.17) is 9.15 Å². The van der Waals surface area contributed by atoms with Crippen LogP contribution in [-0.2, 0) is 12.7 Å². The Morgan fingerprint density at radius 2 is 2.05 bits per heavy atom. The Morgan fingerprint density at radius 1 is 1.29 bits per heavy atom. The first kappa shape index (κ1) is 15.4. The molecule has 0 aliphatic carbocycles. The molecule has 114 valence electrons. The summed E-state index contributed by atoms with van der Waals surface area (Å²) < 4.78 is 48.6. The molecular formula is C14H15F3N2O2. The van der Waals surface area contributed by atoms with Gasteiger partial charge in [0, 0.05) is 6.54 Å². The standard InChI is InChI=1S/C14H15F3N2O2/c1-2-7-18-8-10-9-20-13(19-10)21-12-6-4-3-5-11(12)14(15,16)17/h3-6,9,18H,2,7-8H2,1H3. The van der Waals surface area contributed by atoms with Crippen LogP contribution in [0.2, 0.25) is 0 Å². The molecule has 2 aromatic rings. The first-order valence-corrected chi connectivity index (χ1v) is 6.50. The molecule has 4 nitrogen and oxygen atoms in total. The van der Waals surface area contributed by atoms with Crippen molar-refractivity contribution in [3.63, 3.8) is 0 Å². The summed E-state index contributed by atoms with van der Waals surface area (Å²) in [5, 5.41) is 3.11. The van der Waals surface area contributed by atoms with Gasteiger partial charge in [-0.1, -0.05) is 19.1 Å². The van der Waals surface area contributed by atoms with Crippen molar-refractivity contribution in [2.24, 2.45) is 0 Å². The lowest BCUT2D eigenvalue weighted by Crippen LogP contribution is -2.13. The Kier molecular flexibility index (Phi) is 4.85. The summed E-state index contributed by atoms with van der Waals surface area (Å²) >= 11 is 0. The van der Waals surface area contributed by atoms with Gasteiger partial charge in [0.25, 0.3) is 0 Å². The highest BCUT2D eigenvalue weighted by molar-refractivity contribution is 5.36. The van der Waals surface area contributed by atoms with Crippen LogP contribution in [-0.4, -0.2) is 11.5 Å². The van der Waals surface area contributed by atoms with Gasteiger partial charge in [0.1, 0.15) is 12.0 Å². The molecule has 21 heavy (non-hydrogen) atoms. The second-order valence-corrected chi connectivity index (χ2v) is 4.38. The van der Waals surface area contributed by atoms with Gasteiger partial charge >= 0.3 is 12.3 Å². The van der Waals surface area contributed by atoms with Crippen LogP contribution in [0.15, 0.2) is 34.9 Å². The van der Waals surface area contributed by atoms with E-state index in [1.54, 1.807) is 0 Å². The van der Waals surface area contributed by atoms with Crippen LogP contribution in [0, 0.1) is 0 Å². The third kappa shape index (κ3) is 4.22. The number of nitrogens with zero attached hydrogens (tertiary/aromatic N) is 1. The molecule has 0 aliphatic heterocycles. The summed E-state index contributed by atoms with van der Waals surface area (Å²) in [4.78, 5) is 3.98. The SMILES string of the molecule is CCCNCc1coc(Oc2ccccc2C(F)(F)F)n1. The molecule has 0 atom stereocenters. The van der Waals surface area contributed by atoms with E-state index in [-0.39, 0.29) is 11.8 Å². The number of aromatic nitrogens is 1. The fraction of sp³-hybridized carbons (Fsp3) is 0.357. The molecule has 1 aromatic carbocycles. The average molecular weight is 300 g/mol. The predicted molar refractivity (Wildman–Crippen MR) is 70.0 cm³/mol. The van der Waals surface area contributed by atoms with Crippen molar-refractivity contribution in [3.05, 3.63) is 41.8 Å². The summed E-state index contributed by atoms with van der Waals surface area (Å²) in [6.45, 7) is 3.32. The molecule has 1 aromatic heterocycles. The Balaban J connectivity index is 2.09. The highest BCUT2D eigenvalue weighted by atomic mass is 19.4. The summed E-state index contributed by atoms with van der Waals surface area (Å²) in [6, 6.07) is 4.92. The number of rotatable bonds is 6. The van der Waals surface area contributed by atoms with Crippen LogP contribution in [0.1, 0.15) is 24.6 Å². The minimum Gasteiger partial charge on any atom is -0.417 e. The van der Waals surface area contributed by atoms with Gasteiger partial charge in [0.15, 0.2) is 0 Å². The lowest BCUT2D eigenvalue weighted by atomic mass is 10.2. The van der Waals surface area contributed by atoms with Gasteiger partial charge in [-0.25, -0.2) is 0 Å². The van der Waals surface area contributed by atoms with E-state index < -0.39 is 11.7 Å². The van der Waals surface area contributed by atoms with Crippen LogP contribution in [0.5, 0.6) is 11.8 Å². The summed E-state index contributed by atoms with van der Waals surface area (Å²) in [5.74, 6) is -0.333. The number of hydrogen-bond donors (Lipinski definition) is 1. The van der Waals surface area contributed by atoms with E-state index in [2.05, 4.69) is 10.3 Å². The topological polar surface area (TPSA) is 47.3 Å². The van der Waals surface area contributed by atoms with Gasteiger partial charge in [-0.2, -0.15) is 18.2 Å². The molecule has 0 fully saturated rings. The molecule has 0 aliphatic rings. The predicted octanol–water partition coefficient (Wildman–Crippen LogP) is 3.99. The van der Waals surface area contributed by atoms with Crippen molar-refractivity contribution in [1.82, 2.24) is 10.3 Å². The molecule has 0 unspecified atom stereocenters. The average Bonchev–Trinajstić information content (AvgIpc) is 2.86. The van der Waals surface area contributed by atoms with Gasteiger partial charge in [0.05, 0.1) is 11.3 Å². The van der Waals surface area contributed by atoms with Crippen LogP contribution >= 0.6 is 0 Å². The van der Waals surface area contributed by atoms with Crippen LogP contribution in [0.4, 0.5) is 13.2 Å². The molecule has 0 saturated carbocycles. The van der Waals surface area contributed by atoms with E-state index in [0.29, 0.717) is 12.2 Å². The minimum atomic E-state index is -4.49. The lowest BCUT2D eigenvalue weighted by Gasteiger charge is -2.10. The van der Waals surface area contributed by atoms with Crippen LogP contribution in [0.25, 0.3) is 0 Å². The second-order valence-electron chi connectivity index (χ2n) is 4.38. The van der Waals surface area contributed by atoms with Crippen molar-refractivity contribution in [1.29, 1.82) is 0 Å². The molecule has 1 heterocycles. The normalized spacial score (nSPS) is 11.6. The van der Waals surface area contributed by atoms with Crippen LogP contribution < -0.4 is 10.1 Å². The fourth-order valence-corrected chi connectivity index (χ4v) is 1.69. The molecular weight excluding hydrogens is 285 g/mol. The Morgan fingerprint density at radius 3 is 2.76 bits per heavy atom. The maximum absolute atomic E-state index is 12.8. The zero-order valence-corrected chi connectivity index (χ0v) is 11.4. The maximum Gasteiger partial charge on any atom is 0.419 e. The maximum atomic E-state index is 12.8. The summed E-state index contributed by atoms with van der Waals surface area (Å²) in [5.41, 5.74) is -0.295. The number of benzene rings is 1. The van der Waals surface area contributed by atoms with E-state index in [1.807, 2.05) is 6.92 Å². The van der Waals surface area contributed by atoms with Gasteiger partial charge in [-0.05, 0) is 25.1 Å². The molecule has 2 rings (SSSR count). The third-order valence-electron chi connectivity index (χ3n) is 2.65. The third-order valence-corrected chi connectivity index (χ3v) is 2.65. The number of oxazole rings is 1. The van der Waals surface area contributed by atoms with Gasteiger partial charge in [-0.3, -0.25) is 0 Å². The number of ether oxygens (including phenoxy) is 1. The molecule has 7 heteroatoms. The van der Waals surface area contributed by atoms with Gasteiger partial charge < -0.3 is 14.5 Å². The van der Waals surface area contributed by atoms with E-state index in [0.717, 1.165) is 19.0 Å². The first-order chi connectivity index (χ1) is 10.0. The lowest BCUT2D eigenvalue weighted by molar-refractivity contribution is -0.138. The quantitative estimate of drug-likeness (QED) is 0.820. The minimum absolute atomic E-state index is 0.208. The first-order valence-electron chi connectivity index (χ1n) is 6.50. The van der Waals surface area contributed by atoms with Crippen molar-refractivity contribution in [3.8, 4) is 11.8 Å². The molecule has 0 spiro atoms.